The highest BCUT2D eigenvalue weighted by Crippen LogP contribution is 2.18. The number of ether oxygens (including phenoxy) is 1. The van der Waals surface area contributed by atoms with Gasteiger partial charge < -0.3 is 10.1 Å². The van der Waals surface area contributed by atoms with Crippen molar-refractivity contribution in [3.8, 4) is 5.69 Å². The first-order valence-electron chi connectivity index (χ1n) is 9.63. The summed E-state index contributed by atoms with van der Waals surface area (Å²) in [5, 5.41) is 7.11. The summed E-state index contributed by atoms with van der Waals surface area (Å²) in [7, 11) is 0. The van der Waals surface area contributed by atoms with E-state index in [1.54, 1.807) is 18.5 Å². The van der Waals surface area contributed by atoms with Crippen molar-refractivity contribution in [2.24, 2.45) is 0 Å². The summed E-state index contributed by atoms with van der Waals surface area (Å²) >= 11 is 0. The van der Waals surface area contributed by atoms with Crippen LogP contribution in [0.1, 0.15) is 33.7 Å². The Morgan fingerprint density at radius 2 is 1.66 bits per heavy atom. The van der Waals surface area contributed by atoms with Crippen molar-refractivity contribution >= 4 is 11.7 Å². The lowest BCUT2D eigenvalue weighted by atomic mass is 10.1. The van der Waals surface area contributed by atoms with Crippen molar-refractivity contribution < 1.29 is 14.3 Å². The number of aryl methyl sites for hydroxylation is 1. The Balaban J connectivity index is 1.50. The van der Waals surface area contributed by atoms with E-state index in [-0.39, 0.29) is 0 Å². The number of para-hydroxylation sites is 1. The number of hydrogen-bond acceptors (Lipinski definition) is 4. The van der Waals surface area contributed by atoms with Crippen molar-refractivity contribution in [2.75, 3.05) is 13.2 Å². The largest absolute Gasteiger partial charge is 0.377 e. The topological polar surface area (TPSA) is 73.2 Å². The minimum Gasteiger partial charge on any atom is -0.377 e. The molecule has 0 spiro atoms. The van der Waals surface area contributed by atoms with Crippen LogP contribution in [0.15, 0.2) is 60.7 Å². The third-order valence-corrected chi connectivity index (χ3v) is 4.59. The van der Waals surface area contributed by atoms with E-state index < -0.39 is 11.7 Å². The maximum absolute atomic E-state index is 12.6. The molecule has 0 radical (unpaired) electrons. The lowest BCUT2D eigenvalue weighted by Crippen LogP contribution is -2.32. The van der Waals surface area contributed by atoms with Gasteiger partial charge in [0.2, 0.25) is 0 Å². The Bertz CT molecular complexity index is 966. The number of nitrogens with one attached hydrogen (secondary N) is 1. The minimum atomic E-state index is -0.619. The predicted molar refractivity (Wildman–Crippen MR) is 111 cm³/mol. The molecule has 0 bridgehead atoms. The normalized spacial score (nSPS) is 10.7. The smallest absolute Gasteiger partial charge is 0.292 e. The molecule has 0 saturated heterocycles. The number of benzene rings is 2. The predicted octanol–water partition coefficient (Wildman–Crippen LogP) is 3.39. The van der Waals surface area contributed by atoms with Gasteiger partial charge in [-0.15, -0.1) is 0 Å². The minimum absolute atomic E-state index is 0.353. The number of nitrogens with zero attached hydrogens (tertiary/aromatic N) is 2. The van der Waals surface area contributed by atoms with Gasteiger partial charge in [0.1, 0.15) is 0 Å². The van der Waals surface area contributed by atoms with E-state index in [4.69, 9.17) is 4.74 Å². The Morgan fingerprint density at radius 1 is 1.00 bits per heavy atom. The fraction of sp³-hybridized carbons (Fsp3) is 0.261. The van der Waals surface area contributed by atoms with Gasteiger partial charge in [0.15, 0.2) is 0 Å². The van der Waals surface area contributed by atoms with Gasteiger partial charge in [-0.25, -0.2) is 4.68 Å². The zero-order valence-electron chi connectivity index (χ0n) is 16.7. The molecule has 3 aromatic rings. The fourth-order valence-corrected chi connectivity index (χ4v) is 3.13. The molecular formula is C23H25N3O3. The first kappa shape index (κ1) is 20.5. The summed E-state index contributed by atoms with van der Waals surface area (Å²) in [6.45, 7) is 4.96. The molecule has 0 aliphatic carbocycles. The summed E-state index contributed by atoms with van der Waals surface area (Å²) < 4.78 is 7.28. The third kappa shape index (κ3) is 5.18. The highest BCUT2D eigenvalue weighted by molar-refractivity contribution is 6.43. The average molecular weight is 391 g/mol. The third-order valence-electron chi connectivity index (χ3n) is 4.59. The molecule has 29 heavy (non-hydrogen) atoms. The van der Waals surface area contributed by atoms with Gasteiger partial charge in [-0.2, -0.15) is 5.10 Å². The number of hydrogen-bond donors (Lipinski definition) is 1. The van der Waals surface area contributed by atoms with Crippen LogP contribution in [0.3, 0.4) is 0 Å². The van der Waals surface area contributed by atoms with Crippen LogP contribution in [0.5, 0.6) is 0 Å². The summed E-state index contributed by atoms with van der Waals surface area (Å²) in [6, 6.07) is 19.4. The average Bonchev–Trinajstić information content (AvgIpc) is 3.05. The zero-order chi connectivity index (χ0) is 20.6. The summed E-state index contributed by atoms with van der Waals surface area (Å²) in [5.41, 5.74) is 3.50. The van der Waals surface area contributed by atoms with Gasteiger partial charge >= 0.3 is 0 Å². The van der Waals surface area contributed by atoms with Crippen LogP contribution >= 0.6 is 0 Å². The molecule has 0 aliphatic heterocycles. The molecule has 1 heterocycles. The molecular weight excluding hydrogens is 366 g/mol. The molecule has 0 atom stereocenters. The van der Waals surface area contributed by atoms with E-state index in [9.17, 15) is 9.59 Å². The summed E-state index contributed by atoms with van der Waals surface area (Å²) in [5.74, 6) is -1.18. The second-order valence-electron chi connectivity index (χ2n) is 6.77. The molecule has 3 rings (SSSR count). The van der Waals surface area contributed by atoms with E-state index in [2.05, 4.69) is 10.4 Å². The van der Waals surface area contributed by atoms with Crippen LogP contribution in [-0.2, 0) is 16.1 Å². The zero-order valence-corrected chi connectivity index (χ0v) is 16.7. The number of carbonyl (C=O) groups excluding carboxylic acids is 2. The molecule has 0 aliphatic rings. The number of rotatable bonds is 9. The van der Waals surface area contributed by atoms with Crippen molar-refractivity contribution in [3.05, 3.63) is 83.2 Å². The van der Waals surface area contributed by atoms with Crippen LogP contribution in [0.4, 0.5) is 0 Å². The Hall–Kier alpha value is -3.25. The highest BCUT2D eigenvalue weighted by atomic mass is 16.5. The highest BCUT2D eigenvalue weighted by Gasteiger charge is 2.24. The van der Waals surface area contributed by atoms with Crippen LogP contribution in [0.2, 0.25) is 0 Å². The monoisotopic (exact) mass is 391 g/mol. The number of amides is 1. The lowest BCUT2D eigenvalue weighted by molar-refractivity contribution is -0.117. The number of aromatic nitrogens is 2. The molecule has 150 valence electrons. The van der Waals surface area contributed by atoms with Crippen molar-refractivity contribution in [1.29, 1.82) is 0 Å². The molecule has 6 nitrogen and oxygen atoms in total. The summed E-state index contributed by atoms with van der Waals surface area (Å²) in [4.78, 5) is 24.9. The SMILES string of the molecule is Cc1nn(-c2ccccc2)c(C)c1C(=O)C(=O)NCCCOCc1ccccc1. The molecule has 1 aromatic heterocycles. The van der Waals surface area contributed by atoms with Gasteiger partial charge in [-0.3, -0.25) is 9.59 Å². The lowest BCUT2D eigenvalue weighted by Gasteiger charge is -2.07. The van der Waals surface area contributed by atoms with E-state index in [0.29, 0.717) is 43.1 Å². The van der Waals surface area contributed by atoms with Crippen molar-refractivity contribution in [2.45, 2.75) is 26.9 Å². The number of Topliss-reactive ketones (excluding diaryl/α,β-unsaturated/α-hetero) is 1. The van der Waals surface area contributed by atoms with E-state index >= 15 is 0 Å². The van der Waals surface area contributed by atoms with Crippen LogP contribution < -0.4 is 5.32 Å². The van der Waals surface area contributed by atoms with Gasteiger partial charge in [0.25, 0.3) is 11.7 Å². The maximum atomic E-state index is 12.6. The summed E-state index contributed by atoms with van der Waals surface area (Å²) in [6.07, 6.45) is 0.632. The van der Waals surface area contributed by atoms with Gasteiger partial charge in [0.05, 0.1) is 29.2 Å². The number of carbonyl (C=O) groups is 2. The molecule has 2 aromatic carbocycles. The maximum Gasteiger partial charge on any atom is 0.292 e. The fourth-order valence-electron chi connectivity index (χ4n) is 3.13. The van der Waals surface area contributed by atoms with Crippen molar-refractivity contribution in [1.82, 2.24) is 15.1 Å². The molecule has 0 fully saturated rings. The molecule has 0 saturated carbocycles. The van der Waals surface area contributed by atoms with Crippen LogP contribution in [-0.4, -0.2) is 34.6 Å². The van der Waals surface area contributed by atoms with Gasteiger partial charge in [-0.1, -0.05) is 48.5 Å². The van der Waals surface area contributed by atoms with E-state index in [1.807, 2.05) is 60.7 Å². The van der Waals surface area contributed by atoms with E-state index in [1.165, 1.54) is 0 Å². The van der Waals surface area contributed by atoms with Crippen molar-refractivity contribution in [3.63, 3.8) is 0 Å². The van der Waals surface area contributed by atoms with Crippen LogP contribution in [0, 0.1) is 13.8 Å². The Kier molecular flexibility index (Phi) is 6.92. The second kappa shape index (κ2) is 9.80. The quantitative estimate of drug-likeness (QED) is 0.345. The first-order chi connectivity index (χ1) is 14.1. The first-order valence-corrected chi connectivity index (χ1v) is 9.63. The van der Waals surface area contributed by atoms with Crippen LogP contribution in [0.25, 0.3) is 5.69 Å². The molecule has 6 heteroatoms. The Labute approximate surface area is 170 Å². The van der Waals surface area contributed by atoms with E-state index in [0.717, 1.165) is 11.3 Å². The Morgan fingerprint density at radius 3 is 2.34 bits per heavy atom. The van der Waals surface area contributed by atoms with Gasteiger partial charge in [0, 0.05) is 13.2 Å². The standard InChI is InChI=1S/C23H25N3O3/c1-17-21(18(2)26(25-17)20-12-7-4-8-13-20)22(27)23(28)24-14-9-15-29-16-19-10-5-3-6-11-19/h3-8,10-13H,9,14-16H2,1-2H3,(H,24,28). The van der Waals surface area contributed by atoms with Gasteiger partial charge in [-0.05, 0) is 38.0 Å². The number of ketones is 1. The molecule has 1 amide bonds. The molecule has 0 unspecified atom stereocenters. The molecule has 1 N–H and O–H groups in total. The second-order valence-corrected chi connectivity index (χ2v) is 6.77.